The lowest BCUT2D eigenvalue weighted by atomic mass is 9.92. The monoisotopic (exact) mass is 1340 g/mol. The van der Waals surface area contributed by atoms with Crippen molar-refractivity contribution in [2.75, 3.05) is 58.9 Å². The van der Waals surface area contributed by atoms with E-state index in [1.165, 1.54) is 16.2 Å². The maximum absolute atomic E-state index is 14.6. The maximum atomic E-state index is 14.6. The van der Waals surface area contributed by atoms with Gasteiger partial charge in [0.25, 0.3) is 11.8 Å². The number of benzene rings is 3. The quantitative estimate of drug-likeness (QED) is 0.0105. The first-order valence-electron chi connectivity index (χ1n) is 32.5. The third-order valence-electron chi connectivity index (χ3n) is 16.0. The molecule has 5 aromatic rings. The van der Waals surface area contributed by atoms with Crippen molar-refractivity contribution in [2.24, 2.45) is 5.92 Å². The summed E-state index contributed by atoms with van der Waals surface area (Å²) in [6.45, 7) is 10.4. The number of nitrogens with one attached hydrogen (secondary N) is 8. The van der Waals surface area contributed by atoms with Crippen molar-refractivity contribution in [1.82, 2.24) is 57.4 Å². The van der Waals surface area contributed by atoms with Gasteiger partial charge in [-0.2, -0.15) is 11.8 Å². The summed E-state index contributed by atoms with van der Waals surface area (Å²) in [6, 6.07) is 23.3. The predicted molar refractivity (Wildman–Crippen MR) is 362 cm³/mol. The Morgan fingerprint density at radius 3 is 1.99 bits per heavy atom. The fraction of sp³-hybridized carbons (Fsp3) is 0.529. The van der Waals surface area contributed by atoms with Crippen LogP contribution in [0.1, 0.15) is 145 Å². The van der Waals surface area contributed by atoms with Crippen LogP contribution in [-0.4, -0.2) is 163 Å². The Labute approximate surface area is 558 Å². The first-order chi connectivity index (χ1) is 45.0. The lowest BCUT2D eigenvalue weighted by Gasteiger charge is -2.33. The average Bonchev–Trinajstić information content (AvgIpc) is 1.83. The number of ether oxygens (including phenoxy) is 3. The van der Waals surface area contributed by atoms with Gasteiger partial charge in [0.2, 0.25) is 17.7 Å². The molecule has 7 atom stereocenters. The highest BCUT2D eigenvalue weighted by atomic mass is 32.2. The SMILES string of the molecule is CC(C)c1nc(CN(C)C(=O)N[C@H](C(=O)N[C@@H](Cc2ccccc2)C[C@H](OC(=O)CCCCCNC(=O)c2ccc(C(=O)NCCOCCOCCNC(=O)CCCC[C@@H]3SC[C@@H]4NC(=O)N[C@@H]43)cc2)[C@H](Cc2ccccc2)NC(=O)CCc2cncs2)C(C)C)cs1. The molecule has 8 N–H and O–H groups in total. The summed E-state index contributed by atoms with van der Waals surface area (Å²) in [5.41, 5.74) is 5.10. The molecule has 7 rings (SSSR count). The number of unbranched alkanes of at least 4 members (excludes halogenated alkanes) is 3. The molecule has 93 heavy (non-hydrogen) atoms. The molecule has 25 heteroatoms. The molecule has 0 radical (unpaired) electrons. The van der Waals surface area contributed by atoms with Crippen LogP contribution in [0.4, 0.5) is 9.59 Å². The molecular weight excluding hydrogens is 1240 g/mol. The van der Waals surface area contributed by atoms with Gasteiger partial charge in [0.15, 0.2) is 0 Å². The van der Waals surface area contributed by atoms with Gasteiger partial charge in [-0.25, -0.2) is 14.6 Å². The molecule has 9 amide bonds. The van der Waals surface area contributed by atoms with Crippen LogP contribution < -0.4 is 42.5 Å². The number of amides is 9. The highest BCUT2D eigenvalue weighted by Crippen LogP contribution is 2.33. The summed E-state index contributed by atoms with van der Waals surface area (Å²) < 4.78 is 17.6. The number of thiazole rings is 2. The average molecular weight is 1340 g/mol. The number of urea groups is 2. The summed E-state index contributed by atoms with van der Waals surface area (Å²) >= 11 is 4.89. The van der Waals surface area contributed by atoms with Crippen LogP contribution in [0.25, 0.3) is 0 Å². The second kappa shape index (κ2) is 39.3. The van der Waals surface area contributed by atoms with E-state index in [0.717, 1.165) is 51.7 Å². The molecule has 0 spiro atoms. The van der Waals surface area contributed by atoms with Crippen molar-refractivity contribution in [3.63, 3.8) is 0 Å². The van der Waals surface area contributed by atoms with Gasteiger partial charge in [-0.05, 0) is 86.3 Å². The molecule has 0 unspecified atom stereocenters. The lowest BCUT2D eigenvalue weighted by Crippen LogP contribution is -2.56. The number of aromatic nitrogens is 2. The zero-order chi connectivity index (χ0) is 66.3. The number of carbonyl (C=O) groups excluding carboxylic acids is 8. The molecule has 0 saturated carbocycles. The largest absolute Gasteiger partial charge is 0.460 e. The van der Waals surface area contributed by atoms with Crippen LogP contribution in [0.5, 0.6) is 0 Å². The normalized spacial score (nSPS) is 16.2. The first-order valence-corrected chi connectivity index (χ1v) is 35.3. The van der Waals surface area contributed by atoms with Crippen LogP contribution in [0, 0.1) is 5.92 Å². The number of rotatable bonds is 41. The Hall–Kier alpha value is -7.45. The number of aryl methyl sites for hydroxylation is 1. The van der Waals surface area contributed by atoms with Crippen molar-refractivity contribution in [2.45, 2.75) is 165 Å². The molecule has 504 valence electrons. The van der Waals surface area contributed by atoms with Gasteiger partial charge >= 0.3 is 18.0 Å². The van der Waals surface area contributed by atoms with Crippen LogP contribution in [0.15, 0.2) is 102 Å². The molecule has 2 aliphatic rings. The standard InChI is InChI=1S/C68H93N11O11S3/c1-45(2)61(78-68(87)79(5)41-52-42-92-66(74-52)46(3)4)65(85)73-51(37-47-17-9-6-10-18-47)39-56(54(38-48-19-11-7-12-20-48)75-59(81)29-28-53-40-69-44-93-53)90-60(82)23-13-8-16-30-71-63(83)49-24-26-50(27-25-49)64(84)72-32-34-89-36-35-88-33-31-70-58(80)22-15-14-21-57-62-55(43-91-57)76-67(86)77-62/h6-7,9-12,17-20,24-27,40,42,44-46,51,54-57,61-62H,8,13-16,21-23,28-39,41,43H2,1-5H3,(H,70,80)(H,71,83)(H,72,84)(H,73,85)(H,75,81)(H,78,87)(H2,76,77,86)/t51-,54-,55-,56-,57-,61-,62-/m0/s1. The highest BCUT2D eigenvalue weighted by Gasteiger charge is 2.42. The molecule has 0 bridgehead atoms. The molecule has 4 heterocycles. The van der Waals surface area contributed by atoms with E-state index in [1.54, 1.807) is 54.4 Å². The van der Waals surface area contributed by atoms with E-state index in [2.05, 4.69) is 66.3 Å². The van der Waals surface area contributed by atoms with E-state index in [-0.39, 0.29) is 92.5 Å². The number of thioether (sulfide) groups is 1. The van der Waals surface area contributed by atoms with Gasteiger partial charge in [-0.1, -0.05) is 101 Å². The molecule has 2 saturated heterocycles. The Balaban J connectivity index is 0.849. The van der Waals surface area contributed by atoms with E-state index < -0.39 is 42.1 Å². The summed E-state index contributed by atoms with van der Waals surface area (Å²) in [4.78, 5) is 117. The highest BCUT2D eigenvalue weighted by molar-refractivity contribution is 8.00. The summed E-state index contributed by atoms with van der Waals surface area (Å²) in [6.07, 6.45) is 7.12. The van der Waals surface area contributed by atoms with Crippen molar-refractivity contribution < 1.29 is 52.6 Å². The van der Waals surface area contributed by atoms with Gasteiger partial charge < -0.3 is 61.6 Å². The molecule has 2 aliphatic heterocycles. The Morgan fingerprint density at radius 1 is 0.688 bits per heavy atom. The molecule has 2 aromatic heterocycles. The van der Waals surface area contributed by atoms with E-state index in [1.807, 2.05) is 91.7 Å². The van der Waals surface area contributed by atoms with Gasteiger partial charge in [-0.3, -0.25) is 33.8 Å². The van der Waals surface area contributed by atoms with E-state index in [9.17, 15) is 38.4 Å². The summed E-state index contributed by atoms with van der Waals surface area (Å²) in [5, 5.41) is 27.3. The van der Waals surface area contributed by atoms with Gasteiger partial charge in [0, 0.05) is 103 Å². The van der Waals surface area contributed by atoms with Crippen molar-refractivity contribution in [3.8, 4) is 0 Å². The number of hydrogen-bond donors (Lipinski definition) is 8. The number of carbonyl (C=O) groups is 8. The van der Waals surface area contributed by atoms with Crippen LogP contribution in [0.3, 0.4) is 0 Å². The van der Waals surface area contributed by atoms with Gasteiger partial charge in [0.1, 0.15) is 12.1 Å². The third-order valence-corrected chi connectivity index (χ3v) is 19.5. The molecule has 2 fully saturated rings. The summed E-state index contributed by atoms with van der Waals surface area (Å²) in [7, 11) is 1.67. The Kier molecular flexibility index (Phi) is 30.8. The topological polar surface area (TPSA) is 290 Å². The Bertz CT molecular complexity index is 3120. The van der Waals surface area contributed by atoms with Crippen LogP contribution >= 0.6 is 34.4 Å². The number of nitrogens with zero attached hydrogens (tertiary/aromatic N) is 3. The minimum absolute atomic E-state index is 0.0124. The zero-order valence-corrected chi connectivity index (χ0v) is 56.6. The van der Waals surface area contributed by atoms with Crippen LogP contribution in [-0.2, 0) is 59.2 Å². The fourth-order valence-electron chi connectivity index (χ4n) is 10.9. The van der Waals surface area contributed by atoms with Crippen molar-refractivity contribution in [1.29, 1.82) is 0 Å². The smallest absolute Gasteiger partial charge is 0.318 e. The first kappa shape index (κ1) is 73.0. The van der Waals surface area contributed by atoms with E-state index in [0.29, 0.717) is 94.2 Å². The maximum Gasteiger partial charge on any atom is 0.318 e. The number of hydrogen-bond acceptors (Lipinski definition) is 16. The number of esters is 1. The zero-order valence-electron chi connectivity index (χ0n) is 54.1. The Morgan fingerprint density at radius 2 is 1.34 bits per heavy atom. The van der Waals surface area contributed by atoms with Crippen molar-refractivity contribution in [3.05, 3.63) is 140 Å². The molecular formula is C68H93N11O11S3. The van der Waals surface area contributed by atoms with Crippen LogP contribution in [0.2, 0.25) is 0 Å². The minimum Gasteiger partial charge on any atom is -0.460 e. The molecule has 3 aromatic carbocycles. The summed E-state index contributed by atoms with van der Waals surface area (Å²) in [5.74, 6) is -0.856. The van der Waals surface area contributed by atoms with Crippen molar-refractivity contribution >= 4 is 82.0 Å². The van der Waals surface area contributed by atoms with E-state index >= 15 is 0 Å². The van der Waals surface area contributed by atoms with E-state index in [4.69, 9.17) is 14.2 Å². The molecule has 0 aliphatic carbocycles. The minimum atomic E-state index is -0.922. The molecule has 22 nitrogen and oxygen atoms in total. The van der Waals surface area contributed by atoms with Gasteiger partial charge in [0.05, 0.1) is 67.3 Å². The number of fused-ring (bicyclic) bond motifs is 1. The third kappa shape index (κ3) is 25.8. The second-order valence-electron chi connectivity index (χ2n) is 24.2. The lowest BCUT2D eigenvalue weighted by molar-refractivity contribution is -0.152. The fourth-order valence-corrected chi connectivity index (χ4v) is 13.9. The van der Waals surface area contributed by atoms with Gasteiger partial charge in [-0.15, -0.1) is 22.7 Å². The predicted octanol–water partition coefficient (Wildman–Crippen LogP) is 7.87. The second-order valence-corrected chi connectivity index (χ2v) is 27.3.